The molecule has 0 saturated heterocycles. The van der Waals surface area contributed by atoms with Crippen LogP contribution in [0, 0.1) is 18.8 Å². The maximum Gasteiger partial charge on any atom is 0.135 e. The van der Waals surface area contributed by atoms with Gasteiger partial charge in [0, 0.05) is 66.6 Å². The summed E-state index contributed by atoms with van der Waals surface area (Å²) in [5.41, 5.74) is 12.5. The maximum atomic E-state index is 6.70. The maximum absolute atomic E-state index is 6.70. The molecular formula is C57H55N4OPt-3. The van der Waals surface area contributed by atoms with Crippen molar-refractivity contribution >= 4 is 38.9 Å². The molecule has 8 aromatic rings. The van der Waals surface area contributed by atoms with E-state index in [0.29, 0.717) is 23.3 Å². The van der Waals surface area contributed by atoms with E-state index >= 15 is 0 Å². The fourth-order valence-corrected chi connectivity index (χ4v) is 8.79. The summed E-state index contributed by atoms with van der Waals surface area (Å²) in [6.07, 6.45) is 4.19. The minimum absolute atomic E-state index is 0. The van der Waals surface area contributed by atoms with Crippen LogP contribution in [0.5, 0.6) is 11.5 Å². The molecule has 6 aromatic carbocycles. The Kier molecular flexibility index (Phi) is 12.0. The van der Waals surface area contributed by atoms with Crippen molar-refractivity contribution in [1.29, 1.82) is 0 Å². The van der Waals surface area contributed by atoms with Crippen LogP contribution in [-0.4, -0.2) is 9.55 Å². The molecule has 322 valence electrons. The molecule has 0 bridgehead atoms. The zero-order valence-electron chi connectivity index (χ0n) is 37.7. The molecule has 0 unspecified atom stereocenters. The first-order valence-corrected chi connectivity index (χ1v) is 21.8. The zero-order valence-corrected chi connectivity index (χ0v) is 40.0. The number of hydrogen-bond acceptors (Lipinski definition) is 4. The van der Waals surface area contributed by atoms with Crippen molar-refractivity contribution in [3.63, 3.8) is 0 Å². The smallest absolute Gasteiger partial charge is 0.135 e. The van der Waals surface area contributed by atoms with E-state index in [4.69, 9.17) is 9.72 Å². The van der Waals surface area contributed by atoms with Gasteiger partial charge in [0.1, 0.15) is 5.82 Å². The summed E-state index contributed by atoms with van der Waals surface area (Å²) < 4.78 is 8.91. The molecule has 0 amide bonds. The first-order chi connectivity index (χ1) is 29.8. The number of benzene rings is 6. The van der Waals surface area contributed by atoms with Crippen LogP contribution in [0.3, 0.4) is 0 Å². The molecule has 0 spiro atoms. The second-order valence-corrected chi connectivity index (χ2v) is 18.7. The summed E-state index contributed by atoms with van der Waals surface area (Å²) in [6.45, 7) is 22.6. The summed E-state index contributed by atoms with van der Waals surface area (Å²) in [6, 6.07) is 56.8. The van der Waals surface area contributed by atoms with Gasteiger partial charge in [0.15, 0.2) is 0 Å². The minimum Gasteiger partial charge on any atom is -0.509 e. The quantitative estimate of drug-likeness (QED) is 0.128. The molecule has 0 N–H and O–H groups in total. The van der Waals surface area contributed by atoms with E-state index < -0.39 is 0 Å². The van der Waals surface area contributed by atoms with E-state index in [9.17, 15) is 0 Å². The summed E-state index contributed by atoms with van der Waals surface area (Å²) in [5.74, 6) is 2.71. The second-order valence-electron chi connectivity index (χ2n) is 18.7. The molecule has 9 rings (SSSR count). The zero-order chi connectivity index (χ0) is 43.3. The Balaban J connectivity index is 0.00000544. The molecule has 0 aliphatic carbocycles. The predicted molar refractivity (Wildman–Crippen MR) is 258 cm³/mol. The second kappa shape index (κ2) is 17.3. The fourth-order valence-electron chi connectivity index (χ4n) is 8.79. The van der Waals surface area contributed by atoms with Crippen molar-refractivity contribution in [2.45, 2.75) is 85.0 Å². The summed E-state index contributed by atoms with van der Waals surface area (Å²) >= 11 is 0. The molecule has 63 heavy (non-hydrogen) atoms. The molecule has 0 atom stereocenters. The number of rotatable bonds is 10. The number of pyridine rings is 1. The van der Waals surface area contributed by atoms with Crippen LogP contribution in [0.4, 0.5) is 11.4 Å². The van der Waals surface area contributed by atoms with Crippen molar-refractivity contribution in [2.75, 3.05) is 9.80 Å². The Morgan fingerprint density at radius 2 is 1.29 bits per heavy atom. The van der Waals surface area contributed by atoms with E-state index in [1.165, 1.54) is 33.4 Å². The molecule has 5 nitrogen and oxygen atoms in total. The van der Waals surface area contributed by atoms with Gasteiger partial charge in [0.05, 0.1) is 0 Å². The average Bonchev–Trinajstić information content (AvgIpc) is 3.86. The van der Waals surface area contributed by atoms with Gasteiger partial charge in [0.2, 0.25) is 0 Å². The monoisotopic (exact) mass is 1010 g/mol. The van der Waals surface area contributed by atoms with Crippen molar-refractivity contribution in [2.24, 2.45) is 0 Å². The molecule has 0 fully saturated rings. The van der Waals surface area contributed by atoms with E-state index in [2.05, 4.69) is 223 Å². The largest absolute Gasteiger partial charge is 0.509 e. The summed E-state index contributed by atoms with van der Waals surface area (Å²) in [4.78, 5) is 9.39. The molecule has 0 radical (unpaired) electrons. The van der Waals surface area contributed by atoms with Gasteiger partial charge in [-0.25, -0.2) is 4.98 Å². The SMILES string of the molecule is CC(C)c1cccc(C(C)C)c1C1=CN(c2cccc(C(C)(C)c3ccccc3)c2)[CH-]N1c1[c-]c(Oc2[c-]c3c(cc2)c2ccccc2n3-c2cc(C(C)(C)C)ccn2)ccc1.[Pt]. The summed E-state index contributed by atoms with van der Waals surface area (Å²) in [5, 5.41) is 2.24. The third-order valence-corrected chi connectivity index (χ3v) is 12.4. The first-order valence-electron chi connectivity index (χ1n) is 21.8. The topological polar surface area (TPSA) is 33.5 Å². The van der Waals surface area contributed by atoms with Gasteiger partial charge < -0.3 is 19.1 Å². The van der Waals surface area contributed by atoms with E-state index in [-0.39, 0.29) is 31.9 Å². The number of ether oxygens (including phenoxy) is 1. The molecule has 3 heterocycles. The van der Waals surface area contributed by atoms with Crippen LogP contribution >= 0.6 is 0 Å². The van der Waals surface area contributed by atoms with Crippen LogP contribution < -0.4 is 14.5 Å². The van der Waals surface area contributed by atoms with Gasteiger partial charge in [-0.15, -0.1) is 48.1 Å². The number of anilines is 2. The van der Waals surface area contributed by atoms with Crippen molar-refractivity contribution in [1.82, 2.24) is 9.55 Å². The van der Waals surface area contributed by atoms with Gasteiger partial charge in [-0.05, 0) is 87.0 Å². The summed E-state index contributed by atoms with van der Waals surface area (Å²) in [7, 11) is 0. The molecule has 1 aliphatic heterocycles. The molecule has 2 aromatic heterocycles. The van der Waals surface area contributed by atoms with Crippen LogP contribution in [0.2, 0.25) is 0 Å². The van der Waals surface area contributed by atoms with Gasteiger partial charge in [-0.1, -0.05) is 147 Å². The third-order valence-electron chi connectivity index (χ3n) is 12.4. The van der Waals surface area contributed by atoms with Gasteiger partial charge in [-0.2, -0.15) is 12.1 Å². The van der Waals surface area contributed by atoms with E-state index in [0.717, 1.165) is 44.7 Å². The van der Waals surface area contributed by atoms with Gasteiger partial charge >= 0.3 is 0 Å². The number of para-hydroxylation sites is 1. The van der Waals surface area contributed by atoms with E-state index in [1.54, 1.807) is 0 Å². The average molecular weight is 1010 g/mol. The van der Waals surface area contributed by atoms with Crippen molar-refractivity contribution in [3.8, 4) is 17.3 Å². The van der Waals surface area contributed by atoms with Gasteiger partial charge in [0.25, 0.3) is 0 Å². The Labute approximate surface area is 388 Å². The van der Waals surface area contributed by atoms with E-state index in [1.807, 2.05) is 24.4 Å². The van der Waals surface area contributed by atoms with Crippen molar-refractivity contribution in [3.05, 3.63) is 204 Å². The molecule has 6 heteroatoms. The molecule has 0 saturated carbocycles. The minimum atomic E-state index is -0.181. The Hall–Kier alpha value is -5.90. The van der Waals surface area contributed by atoms with Crippen LogP contribution in [0.25, 0.3) is 33.3 Å². The number of nitrogens with zero attached hydrogens (tertiary/aromatic N) is 4. The fraction of sp³-hybridized carbons (Fsp3) is 0.228. The number of fused-ring (bicyclic) bond motifs is 3. The number of aromatic nitrogens is 2. The predicted octanol–water partition coefficient (Wildman–Crippen LogP) is 14.9. The first kappa shape index (κ1) is 43.7. The standard InChI is InChI=1S/C57H55N4O.Pt/c1-38(2)47-25-17-26-48(39(3)4)55(47)53-36-59(43-21-15-20-42(32-43)57(8,9)40-18-11-10-12-19-40)37-60(53)44-22-16-23-45(34-44)62-46-28-29-50-49-24-13-14-27-51(49)61(52(50)35-46)54-33-41(30-31-58-54)56(5,6)7;/h10-33,36-39H,1-9H3;/q-3;. The Morgan fingerprint density at radius 1 is 0.619 bits per heavy atom. The third kappa shape index (κ3) is 8.36. The Morgan fingerprint density at radius 3 is 2.02 bits per heavy atom. The van der Waals surface area contributed by atoms with Gasteiger partial charge in [-0.3, -0.25) is 0 Å². The van der Waals surface area contributed by atoms with Crippen LogP contribution in [0.1, 0.15) is 108 Å². The Bertz CT molecular complexity index is 2930. The number of hydrogen-bond donors (Lipinski definition) is 0. The molecular weight excluding hydrogens is 952 g/mol. The van der Waals surface area contributed by atoms with Crippen LogP contribution in [0.15, 0.2) is 152 Å². The van der Waals surface area contributed by atoms with Crippen LogP contribution in [-0.2, 0) is 31.9 Å². The van der Waals surface area contributed by atoms with Crippen molar-refractivity contribution < 1.29 is 25.8 Å². The molecule has 1 aliphatic rings. The normalized spacial score (nSPS) is 13.3.